The van der Waals surface area contributed by atoms with Gasteiger partial charge in [-0.25, -0.2) is 27.5 Å². The van der Waals surface area contributed by atoms with Crippen LogP contribution in [0.1, 0.15) is 11.3 Å². The highest BCUT2D eigenvalue weighted by molar-refractivity contribution is 7.92. The molecular formula is C22H20FN5O4S. The van der Waals surface area contributed by atoms with Crippen LogP contribution >= 0.6 is 0 Å². The topological polar surface area (TPSA) is 119 Å². The molecule has 170 valence electrons. The molecule has 0 bridgehead atoms. The molecule has 33 heavy (non-hydrogen) atoms. The van der Waals surface area contributed by atoms with Crippen LogP contribution in [0.15, 0.2) is 64.3 Å². The van der Waals surface area contributed by atoms with Crippen LogP contribution in [-0.4, -0.2) is 30.7 Å². The van der Waals surface area contributed by atoms with Crippen LogP contribution in [0, 0.1) is 19.7 Å². The molecule has 0 aliphatic heterocycles. The highest BCUT2D eigenvalue weighted by atomic mass is 32.2. The Labute approximate surface area is 189 Å². The zero-order valence-corrected chi connectivity index (χ0v) is 18.8. The first kappa shape index (κ1) is 22.2. The molecule has 0 saturated carbocycles. The lowest BCUT2D eigenvalue weighted by atomic mass is 10.1. The van der Waals surface area contributed by atoms with Gasteiger partial charge in [0.25, 0.3) is 10.0 Å². The maximum Gasteiger partial charge on any atom is 0.264 e. The molecule has 11 heteroatoms. The lowest BCUT2D eigenvalue weighted by molar-refractivity contribution is 0.415. The minimum atomic E-state index is -3.85. The number of sulfonamides is 1. The van der Waals surface area contributed by atoms with Crippen LogP contribution in [-0.2, 0) is 10.0 Å². The van der Waals surface area contributed by atoms with E-state index < -0.39 is 15.8 Å². The monoisotopic (exact) mass is 469 g/mol. The van der Waals surface area contributed by atoms with Crippen molar-refractivity contribution >= 4 is 27.4 Å². The van der Waals surface area contributed by atoms with Crippen LogP contribution in [0.3, 0.4) is 0 Å². The molecule has 9 nitrogen and oxygen atoms in total. The van der Waals surface area contributed by atoms with E-state index in [-0.39, 0.29) is 10.8 Å². The third-order valence-electron chi connectivity index (χ3n) is 4.93. The number of ether oxygens (including phenoxy) is 1. The summed E-state index contributed by atoms with van der Waals surface area (Å²) in [5.41, 5.74) is 2.76. The summed E-state index contributed by atoms with van der Waals surface area (Å²) in [5.74, 6) is 0.573. The quantitative estimate of drug-likeness (QED) is 0.408. The highest BCUT2D eigenvalue weighted by Crippen LogP contribution is 2.30. The van der Waals surface area contributed by atoms with Crippen LogP contribution in [0.25, 0.3) is 11.3 Å². The Bertz CT molecular complexity index is 1400. The molecule has 4 rings (SSSR count). The molecule has 0 amide bonds. The molecule has 0 spiro atoms. The van der Waals surface area contributed by atoms with Crippen LogP contribution in [0.5, 0.6) is 5.75 Å². The minimum absolute atomic E-state index is 0.0503. The molecule has 2 heterocycles. The number of methoxy groups -OCH3 is 1. The van der Waals surface area contributed by atoms with Crippen molar-refractivity contribution in [2.75, 3.05) is 17.1 Å². The number of aryl methyl sites for hydroxylation is 1. The van der Waals surface area contributed by atoms with Gasteiger partial charge in [-0.05, 0) is 56.3 Å². The van der Waals surface area contributed by atoms with Gasteiger partial charge in [-0.1, -0.05) is 5.16 Å². The van der Waals surface area contributed by atoms with Crippen molar-refractivity contribution in [1.82, 2.24) is 15.1 Å². The van der Waals surface area contributed by atoms with Gasteiger partial charge < -0.3 is 14.6 Å². The maximum atomic E-state index is 13.7. The van der Waals surface area contributed by atoms with E-state index in [9.17, 15) is 12.8 Å². The molecule has 2 aromatic heterocycles. The van der Waals surface area contributed by atoms with Crippen molar-refractivity contribution in [1.29, 1.82) is 0 Å². The fourth-order valence-corrected chi connectivity index (χ4v) is 4.06. The Morgan fingerprint density at radius 1 is 1.03 bits per heavy atom. The summed E-state index contributed by atoms with van der Waals surface area (Å²) in [6.45, 7) is 3.44. The summed E-state index contributed by atoms with van der Waals surface area (Å²) < 4.78 is 51.7. The number of anilines is 3. The van der Waals surface area contributed by atoms with Crippen molar-refractivity contribution in [3.05, 3.63) is 71.9 Å². The maximum absolute atomic E-state index is 13.7. The summed E-state index contributed by atoms with van der Waals surface area (Å²) in [6.07, 6.45) is 1.34. The normalized spacial score (nSPS) is 11.3. The Hall–Kier alpha value is -3.99. The lowest BCUT2D eigenvalue weighted by Gasteiger charge is -2.11. The Kier molecular flexibility index (Phi) is 5.97. The second kappa shape index (κ2) is 8.87. The minimum Gasteiger partial charge on any atom is -0.496 e. The second-order valence-corrected chi connectivity index (χ2v) is 8.79. The van der Waals surface area contributed by atoms with Gasteiger partial charge in [0.15, 0.2) is 0 Å². The molecule has 0 atom stereocenters. The molecule has 2 aromatic carbocycles. The number of hydrogen-bond acceptors (Lipinski definition) is 8. The first-order valence-electron chi connectivity index (χ1n) is 9.75. The van der Waals surface area contributed by atoms with Gasteiger partial charge in [0, 0.05) is 22.9 Å². The molecule has 0 radical (unpaired) electrons. The van der Waals surface area contributed by atoms with E-state index in [1.165, 1.54) is 43.8 Å². The number of aromatic nitrogens is 3. The number of benzene rings is 2. The van der Waals surface area contributed by atoms with Crippen molar-refractivity contribution in [3.8, 4) is 17.0 Å². The Morgan fingerprint density at radius 2 is 1.79 bits per heavy atom. The zero-order valence-electron chi connectivity index (χ0n) is 18.0. The summed E-state index contributed by atoms with van der Waals surface area (Å²) in [5, 5.41) is 6.82. The summed E-state index contributed by atoms with van der Waals surface area (Å²) in [6, 6.07) is 11.9. The molecule has 2 N–H and O–H groups in total. The predicted octanol–water partition coefficient (Wildman–Crippen LogP) is 4.44. The summed E-state index contributed by atoms with van der Waals surface area (Å²) >= 11 is 0. The SMILES string of the molecule is COc1ccc(F)cc1-c1cc(Nc2ccc(S(=O)(=O)Nc3onc(C)c3C)cc2)ncn1. The van der Waals surface area contributed by atoms with Crippen LogP contribution in [0.4, 0.5) is 21.8 Å². The largest absolute Gasteiger partial charge is 0.496 e. The molecule has 4 aromatic rings. The lowest BCUT2D eigenvalue weighted by Crippen LogP contribution is -2.13. The molecule has 0 saturated heterocycles. The third kappa shape index (κ3) is 4.77. The summed E-state index contributed by atoms with van der Waals surface area (Å²) in [4.78, 5) is 8.42. The highest BCUT2D eigenvalue weighted by Gasteiger charge is 2.19. The third-order valence-corrected chi connectivity index (χ3v) is 6.27. The number of nitrogens with one attached hydrogen (secondary N) is 2. The van der Waals surface area contributed by atoms with E-state index in [0.29, 0.717) is 39.8 Å². The van der Waals surface area contributed by atoms with Gasteiger partial charge in [0.05, 0.1) is 23.4 Å². The first-order chi connectivity index (χ1) is 15.8. The molecular weight excluding hydrogens is 449 g/mol. The van der Waals surface area contributed by atoms with Crippen molar-refractivity contribution < 1.29 is 22.1 Å². The van der Waals surface area contributed by atoms with Crippen molar-refractivity contribution in [2.45, 2.75) is 18.7 Å². The van der Waals surface area contributed by atoms with E-state index in [2.05, 4.69) is 25.2 Å². The van der Waals surface area contributed by atoms with Gasteiger partial charge in [-0.15, -0.1) is 0 Å². The first-order valence-corrected chi connectivity index (χ1v) is 11.2. The van der Waals surface area contributed by atoms with E-state index in [0.717, 1.165) is 0 Å². The average Bonchev–Trinajstić information content (AvgIpc) is 3.11. The van der Waals surface area contributed by atoms with E-state index >= 15 is 0 Å². The smallest absolute Gasteiger partial charge is 0.264 e. The van der Waals surface area contributed by atoms with Gasteiger partial charge in [0.2, 0.25) is 5.88 Å². The molecule has 0 aliphatic carbocycles. The molecule has 0 fully saturated rings. The van der Waals surface area contributed by atoms with Crippen molar-refractivity contribution in [3.63, 3.8) is 0 Å². The average molecular weight is 469 g/mol. The van der Waals surface area contributed by atoms with E-state index in [1.807, 2.05) is 0 Å². The Morgan fingerprint density at radius 3 is 2.45 bits per heavy atom. The molecule has 0 unspecified atom stereocenters. The van der Waals surface area contributed by atoms with Crippen LogP contribution in [0.2, 0.25) is 0 Å². The van der Waals surface area contributed by atoms with Crippen molar-refractivity contribution in [2.24, 2.45) is 0 Å². The van der Waals surface area contributed by atoms with E-state index in [4.69, 9.17) is 9.26 Å². The number of halogens is 1. The number of hydrogen-bond donors (Lipinski definition) is 2. The standard InChI is InChI=1S/C22H20FN5O4S/c1-13-14(2)27-32-22(13)28-33(29,30)17-7-5-16(6-8-17)26-21-11-19(24-12-25-21)18-10-15(23)4-9-20(18)31-3/h4-12,28H,1-3H3,(H,24,25,26). The van der Waals surface area contributed by atoms with Gasteiger partial charge in [0.1, 0.15) is 23.7 Å². The van der Waals surface area contributed by atoms with Gasteiger partial charge >= 0.3 is 0 Å². The van der Waals surface area contributed by atoms with Crippen LogP contribution < -0.4 is 14.8 Å². The van der Waals surface area contributed by atoms with Gasteiger partial charge in [-0.3, -0.25) is 0 Å². The fraction of sp³-hybridized carbons (Fsp3) is 0.136. The molecule has 0 aliphatic rings. The second-order valence-electron chi connectivity index (χ2n) is 7.11. The number of rotatable bonds is 7. The zero-order chi connectivity index (χ0) is 23.6. The predicted molar refractivity (Wildman–Crippen MR) is 120 cm³/mol. The van der Waals surface area contributed by atoms with Gasteiger partial charge in [-0.2, -0.15) is 0 Å². The number of nitrogens with zero attached hydrogens (tertiary/aromatic N) is 3. The Balaban J connectivity index is 1.54. The van der Waals surface area contributed by atoms with E-state index in [1.54, 1.807) is 32.0 Å². The fourth-order valence-electron chi connectivity index (χ4n) is 3.01. The summed E-state index contributed by atoms with van der Waals surface area (Å²) in [7, 11) is -2.36.